The Kier molecular flexibility index (Phi) is 7.68. The third kappa shape index (κ3) is 7.12. The van der Waals surface area contributed by atoms with E-state index in [4.69, 9.17) is 4.52 Å². The summed E-state index contributed by atoms with van der Waals surface area (Å²) in [6.07, 6.45) is 3.69. The smallest absolute Gasteiger partial charge is 0.226 e. The van der Waals surface area contributed by atoms with E-state index in [0.717, 1.165) is 31.6 Å². The molecular formula is C17H32N4O2. The minimum atomic E-state index is 0.0285. The molecule has 0 saturated heterocycles. The molecule has 0 aliphatic rings. The first kappa shape index (κ1) is 19.6. The monoisotopic (exact) mass is 324 g/mol. The van der Waals surface area contributed by atoms with E-state index in [1.165, 1.54) is 0 Å². The summed E-state index contributed by atoms with van der Waals surface area (Å²) >= 11 is 0. The fourth-order valence-electron chi connectivity index (χ4n) is 2.58. The summed E-state index contributed by atoms with van der Waals surface area (Å²) in [5, 5.41) is 7.03. The lowest BCUT2D eigenvalue weighted by Crippen LogP contribution is -2.47. The molecule has 6 heteroatoms. The molecule has 1 unspecified atom stereocenters. The highest BCUT2D eigenvalue weighted by Crippen LogP contribution is 2.21. The molecule has 0 aliphatic heterocycles. The number of nitrogens with zero attached hydrogens (tertiary/aromatic N) is 3. The van der Waals surface area contributed by atoms with Gasteiger partial charge < -0.3 is 14.7 Å². The summed E-state index contributed by atoms with van der Waals surface area (Å²) in [6, 6.07) is 0.122. The Morgan fingerprint density at radius 2 is 2.04 bits per heavy atom. The number of carbonyl (C=O) groups is 1. The molecule has 1 N–H and O–H groups in total. The van der Waals surface area contributed by atoms with Crippen LogP contribution in [0.3, 0.4) is 0 Å². The Morgan fingerprint density at radius 1 is 1.35 bits per heavy atom. The Balaban J connectivity index is 2.33. The van der Waals surface area contributed by atoms with Crippen molar-refractivity contribution in [2.45, 2.75) is 65.8 Å². The largest absolute Gasteiger partial charge is 0.353 e. The van der Waals surface area contributed by atoms with Crippen LogP contribution in [0, 0.1) is 5.41 Å². The van der Waals surface area contributed by atoms with Gasteiger partial charge in [-0.05, 0) is 39.3 Å². The maximum absolute atomic E-state index is 12.1. The van der Waals surface area contributed by atoms with Gasteiger partial charge in [0.25, 0.3) is 0 Å². The second kappa shape index (κ2) is 9.01. The standard InChI is InChI=1S/C17H32N4O2/c1-7-9-14-19-16(23-20-14)11-8-10-15(22)18-13(2)17(3,4)12-21(5)6/h13H,7-12H2,1-6H3,(H,18,22). The van der Waals surface area contributed by atoms with Gasteiger partial charge in [0.15, 0.2) is 5.82 Å². The predicted octanol–water partition coefficient (Wildman–Crippen LogP) is 2.44. The van der Waals surface area contributed by atoms with E-state index in [1.807, 2.05) is 14.1 Å². The third-order valence-corrected chi connectivity index (χ3v) is 4.05. The molecule has 1 aromatic rings. The van der Waals surface area contributed by atoms with Crippen LogP contribution in [0.2, 0.25) is 0 Å². The first-order valence-electron chi connectivity index (χ1n) is 8.50. The average molecular weight is 324 g/mol. The highest BCUT2D eigenvalue weighted by Gasteiger charge is 2.27. The fraction of sp³-hybridized carbons (Fsp3) is 0.824. The molecule has 6 nitrogen and oxygen atoms in total. The van der Waals surface area contributed by atoms with Gasteiger partial charge in [-0.25, -0.2) is 0 Å². The Hall–Kier alpha value is -1.43. The normalized spacial score (nSPS) is 13.3. The summed E-state index contributed by atoms with van der Waals surface area (Å²) in [7, 11) is 4.10. The van der Waals surface area contributed by atoms with Crippen LogP contribution < -0.4 is 5.32 Å². The van der Waals surface area contributed by atoms with Crippen LogP contribution in [0.25, 0.3) is 0 Å². The number of aromatic nitrogens is 2. The average Bonchev–Trinajstić information content (AvgIpc) is 2.85. The maximum atomic E-state index is 12.1. The van der Waals surface area contributed by atoms with Crippen LogP contribution >= 0.6 is 0 Å². The highest BCUT2D eigenvalue weighted by atomic mass is 16.5. The Labute approximate surface area is 140 Å². The van der Waals surface area contributed by atoms with Gasteiger partial charge >= 0.3 is 0 Å². The fourth-order valence-corrected chi connectivity index (χ4v) is 2.58. The number of rotatable bonds is 10. The number of aryl methyl sites for hydroxylation is 2. The van der Waals surface area contributed by atoms with Crippen LogP contribution in [0.1, 0.15) is 58.7 Å². The number of hydrogen-bond donors (Lipinski definition) is 1. The lowest BCUT2D eigenvalue weighted by atomic mass is 9.85. The molecule has 132 valence electrons. The molecular weight excluding hydrogens is 292 g/mol. The van der Waals surface area contributed by atoms with E-state index in [0.29, 0.717) is 18.7 Å². The molecule has 1 rings (SSSR count). The van der Waals surface area contributed by atoms with Crippen LogP contribution in [0.5, 0.6) is 0 Å². The highest BCUT2D eigenvalue weighted by molar-refractivity contribution is 5.76. The van der Waals surface area contributed by atoms with E-state index in [2.05, 4.69) is 48.1 Å². The van der Waals surface area contributed by atoms with Crippen molar-refractivity contribution in [3.8, 4) is 0 Å². The number of amides is 1. The van der Waals surface area contributed by atoms with Crippen molar-refractivity contribution >= 4 is 5.91 Å². The number of nitrogens with one attached hydrogen (secondary N) is 1. The molecule has 0 spiro atoms. The molecule has 1 heterocycles. The van der Waals surface area contributed by atoms with Crippen LogP contribution in [-0.2, 0) is 17.6 Å². The van der Waals surface area contributed by atoms with Crippen molar-refractivity contribution in [2.24, 2.45) is 5.41 Å². The third-order valence-electron chi connectivity index (χ3n) is 4.05. The molecule has 23 heavy (non-hydrogen) atoms. The zero-order valence-electron chi connectivity index (χ0n) is 15.5. The lowest BCUT2D eigenvalue weighted by Gasteiger charge is -2.34. The minimum absolute atomic E-state index is 0.0285. The molecule has 0 fully saturated rings. The Bertz CT molecular complexity index is 483. The van der Waals surface area contributed by atoms with Gasteiger partial charge in [-0.1, -0.05) is 25.9 Å². The minimum Gasteiger partial charge on any atom is -0.353 e. The molecule has 1 aromatic heterocycles. The summed E-state index contributed by atoms with van der Waals surface area (Å²) in [6.45, 7) is 9.42. The molecule has 0 saturated carbocycles. The summed E-state index contributed by atoms with van der Waals surface area (Å²) in [5.41, 5.74) is 0.0285. The van der Waals surface area contributed by atoms with E-state index < -0.39 is 0 Å². The lowest BCUT2D eigenvalue weighted by molar-refractivity contribution is -0.122. The van der Waals surface area contributed by atoms with Gasteiger partial charge in [-0.3, -0.25) is 4.79 Å². The van der Waals surface area contributed by atoms with Crippen LogP contribution in [0.15, 0.2) is 4.52 Å². The zero-order valence-corrected chi connectivity index (χ0v) is 15.5. The molecule has 1 atom stereocenters. The van der Waals surface area contributed by atoms with Crippen LogP contribution in [0.4, 0.5) is 0 Å². The molecule has 0 aliphatic carbocycles. The predicted molar refractivity (Wildman–Crippen MR) is 91.2 cm³/mol. The van der Waals surface area contributed by atoms with E-state index >= 15 is 0 Å². The second-order valence-electron chi connectivity index (χ2n) is 7.22. The zero-order chi connectivity index (χ0) is 17.5. The van der Waals surface area contributed by atoms with Gasteiger partial charge in [0.05, 0.1) is 0 Å². The topological polar surface area (TPSA) is 71.3 Å². The van der Waals surface area contributed by atoms with Crippen molar-refractivity contribution in [1.29, 1.82) is 0 Å². The van der Waals surface area contributed by atoms with Crippen molar-refractivity contribution in [1.82, 2.24) is 20.4 Å². The molecule has 1 amide bonds. The van der Waals surface area contributed by atoms with Gasteiger partial charge in [0, 0.05) is 31.8 Å². The van der Waals surface area contributed by atoms with E-state index in [-0.39, 0.29) is 17.4 Å². The van der Waals surface area contributed by atoms with E-state index in [9.17, 15) is 4.79 Å². The van der Waals surface area contributed by atoms with Gasteiger partial charge in [0.2, 0.25) is 11.8 Å². The maximum Gasteiger partial charge on any atom is 0.226 e. The van der Waals surface area contributed by atoms with Crippen molar-refractivity contribution in [2.75, 3.05) is 20.6 Å². The molecule has 0 bridgehead atoms. The second-order valence-corrected chi connectivity index (χ2v) is 7.22. The number of carbonyl (C=O) groups excluding carboxylic acids is 1. The van der Waals surface area contributed by atoms with Gasteiger partial charge in [-0.15, -0.1) is 0 Å². The quantitative estimate of drug-likeness (QED) is 0.716. The van der Waals surface area contributed by atoms with Crippen LogP contribution in [-0.4, -0.2) is 47.6 Å². The molecule has 0 radical (unpaired) electrons. The van der Waals surface area contributed by atoms with E-state index in [1.54, 1.807) is 0 Å². The first-order valence-corrected chi connectivity index (χ1v) is 8.50. The van der Waals surface area contributed by atoms with Crippen molar-refractivity contribution in [3.63, 3.8) is 0 Å². The summed E-state index contributed by atoms with van der Waals surface area (Å²) < 4.78 is 5.18. The SMILES string of the molecule is CCCc1noc(CCCC(=O)NC(C)C(C)(C)CN(C)C)n1. The van der Waals surface area contributed by atoms with Crippen molar-refractivity contribution < 1.29 is 9.32 Å². The summed E-state index contributed by atoms with van der Waals surface area (Å²) in [5.74, 6) is 1.46. The summed E-state index contributed by atoms with van der Waals surface area (Å²) in [4.78, 5) is 18.6. The van der Waals surface area contributed by atoms with Gasteiger partial charge in [0.1, 0.15) is 0 Å². The first-order chi connectivity index (χ1) is 10.7. The Morgan fingerprint density at radius 3 is 2.65 bits per heavy atom. The van der Waals surface area contributed by atoms with Gasteiger partial charge in [-0.2, -0.15) is 4.98 Å². The molecule has 0 aromatic carbocycles. The van der Waals surface area contributed by atoms with Crippen molar-refractivity contribution in [3.05, 3.63) is 11.7 Å². The number of hydrogen-bond acceptors (Lipinski definition) is 5.